The maximum atomic E-state index is 12.4. The third kappa shape index (κ3) is 3.62. The minimum atomic E-state index is -1.22. The van der Waals surface area contributed by atoms with Crippen LogP contribution in [-0.4, -0.2) is 22.8 Å². The second-order valence-corrected chi connectivity index (χ2v) is 6.75. The molecule has 5 nitrogen and oxygen atoms in total. The van der Waals surface area contributed by atoms with Gasteiger partial charge in [-0.3, -0.25) is 4.79 Å². The van der Waals surface area contributed by atoms with Gasteiger partial charge in [-0.15, -0.1) is 0 Å². The molecule has 4 aromatic rings. The van der Waals surface area contributed by atoms with Gasteiger partial charge in [0.1, 0.15) is 11.3 Å². The van der Waals surface area contributed by atoms with Gasteiger partial charge in [-0.1, -0.05) is 48.5 Å². The molecule has 0 unspecified atom stereocenters. The highest BCUT2D eigenvalue weighted by atomic mass is 16.5. The van der Waals surface area contributed by atoms with Gasteiger partial charge in [0.25, 0.3) is 0 Å². The molecule has 0 atom stereocenters. The molecule has 3 aromatic carbocycles. The summed E-state index contributed by atoms with van der Waals surface area (Å²) in [6.07, 6.45) is 1.42. The van der Waals surface area contributed by atoms with Crippen LogP contribution in [0.1, 0.15) is 15.9 Å². The minimum absolute atomic E-state index is 0.224. The Morgan fingerprint density at radius 1 is 0.931 bits per heavy atom. The van der Waals surface area contributed by atoms with Crippen molar-refractivity contribution < 1.29 is 14.6 Å². The lowest BCUT2D eigenvalue weighted by Gasteiger charge is -2.13. The molecular weight excluding hydrogens is 366 g/mol. The van der Waals surface area contributed by atoms with E-state index in [0.717, 1.165) is 22.4 Å². The molecule has 0 amide bonds. The Morgan fingerprint density at radius 3 is 2.17 bits per heavy atom. The first-order valence-corrected chi connectivity index (χ1v) is 9.15. The molecule has 144 valence electrons. The first kappa shape index (κ1) is 18.5. The third-order valence-corrected chi connectivity index (χ3v) is 4.95. The molecule has 0 saturated carbocycles. The number of carbonyl (C=O) groups is 1. The summed E-state index contributed by atoms with van der Waals surface area (Å²) < 4.78 is 7.00. The number of hydrogen-bond donors (Lipinski definition) is 1. The molecule has 0 bridgehead atoms. The van der Waals surface area contributed by atoms with Gasteiger partial charge in [-0.2, -0.15) is 0 Å². The van der Waals surface area contributed by atoms with Crippen molar-refractivity contribution in [1.29, 1.82) is 0 Å². The number of para-hydroxylation sites is 1. The second kappa shape index (κ2) is 7.64. The molecule has 0 saturated heterocycles. The van der Waals surface area contributed by atoms with Crippen molar-refractivity contribution in [3.05, 3.63) is 100 Å². The highest BCUT2D eigenvalue weighted by Crippen LogP contribution is 2.23. The van der Waals surface area contributed by atoms with Crippen LogP contribution in [0.5, 0.6) is 5.75 Å². The average Bonchev–Trinajstić information content (AvgIpc) is 2.76. The van der Waals surface area contributed by atoms with Crippen LogP contribution in [0.25, 0.3) is 22.0 Å². The maximum Gasteiger partial charge on any atom is 0.341 e. The Morgan fingerprint density at radius 2 is 1.55 bits per heavy atom. The zero-order valence-corrected chi connectivity index (χ0v) is 15.8. The van der Waals surface area contributed by atoms with E-state index in [1.54, 1.807) is 19.2 Å². The summed E-state index contributed by atoms with van der Waals surface area (Å²) in [6.45, 7) is 0.462. The van der Waals surface area contributed by atoms with E-state index < -0.39 is 11.4 Å². The average molecular weight is 385 g/mol. The normalized spacial score (nSPS) is 10.8. The molecule has 1 N–H and O–H groups in total. The Kier molecular flexibility index (Phi) is 4.87. The number of benzene rings is 3. The Labute approximate surface area is 167 Å². The van der Waals surface area contributed by atoms with Crippen LogP contribution in [-0.2, 0) is 6.54 Å². The SMILES string of the molecule is COc1ccc(-c2ccc(Cn3cc(C(=O)O)c(=O)c4ccccc43)cc2)cc1. The van der Waals surface area contributed by atoms with Crippen LogP contribution in [0.3, 0.4) is 0 Å². The number of rotatable bonds is 5. The molecule has 0 aliphatic carbocycles. The van der Waals surface area contributed by atoms with Gasteiger partial charge < -0.3 is 14.4 Å². The number of ether oxygens (including phenoxy) is 1. The third-order valence-electron chi connectivity index (χ3n) is 4.95. The predicted molar refractivity (Wildman–Crippen MR) is 113 cm³/mol. The van der Waals surface area contributed by atoms with E-state index in [1.165, 1.54) is 6.20 Å². The lowest BCUT2D eigenvalue weighted by atomic mass is 10.0. The van der Waals surface area contributed by atoms with Crippen molar-refractivity contribution in [2.45, 2.75) is 6.54 Å². The van der Waals surface area contributed by atoms with Crippen molar-refractivity contribution >= 4 is 16.9 Å². The lowest BCUT2D eigenvalue weighted by molar-refractivity contribution is 0.0695. The molecule has 0 spiro atoms. The standard InChI is InChI=1S/C24H19NO4/c1-29-19-12-10-18(11-13-19)17-8-6-16(7-9-17)14-25-15-21(24(27)28)23(26)20-4-2-3-5-22(20)25/h2-13,15H,14H2,1H3,(H,27,28). The summed E-state index contributed by atoms with van der Waals surface area (Å²) >= 11 is 0. The van der Waals surface area contributed by atoms with Crippen molar-refractivity contribution in [2.24, 2.45) is 0 Å². The van der Waals surface area contributed by atoms with Gasteiger partial charge in [-0.25, -0.2) is 4.79 Å². The molecule has 1 heterocycles. The number of methoxy groups -OCH3 is 1. The fourth-order valence-electron chi connectivity index (χ4n) is 3.41. The largest absolute Gasteiger partial charge is 0.497 e. The van der Waals surface area contributed by atoms with Crippen LogP contribution in [0.4, 0.5) is 0 Å². The number of nitrogens with zero attached hydrogens (tertiary/aromatic N) is 1. The quantitative estimate of drug-likeness (QED) is 0.552. The summed E-state index contributed by atoms with van der Waals surface area (Å²) in [6, 6.07) is 23.0. The zero-order valence-electron chi connectivity index (χ0n) is 15.8. The van der Waals surface area contributed by atoms with E-state index in [-0.39, 0.29) is 5.56 Å². The molecule has 0 radical (unpaired) electrons. The van der Waals surface area contributed by atoms with Gasteiger partial charge in [-0.05, 0) is 41.0 Å². The van der Waals surface area contributed by atoms with E-state index in [1.807, 2.05) is 65.2 Å². The summed E-state index contributed by atoms with van der Waals surface area (Å²) in [5.74, 6) is -0.408. The van der Waals surface area contributed by atoms with Crippen LogP contribution in [0.2, 0.25) is 0 Å². The van der Waals surface area contributed by atoms with Crippen molar-refractivity contribution in [3.63, 3.8) is 0 Å². The van der Waals surface area contributed by atoms with E-state index in [9.17, 15) is 14.7 Å². The molecule has 0 aliphatic heterocycles. The molecule has 5 heteroatoms. The van der Waals surface area contributed by atoms with Crippen molar-refractivity contribution in [2.75, 3.05) is 7.11 Å². The highest BCUT2D eigenvalue weighted by molar-refractivity contribution is 5.92. The predicted octanol–water partition coefficient (Wildman–Crippen LogP) is 4.42. The van der Waals surface area contributed by atoms with E-state index in [0.29, 0.717) is 17.4 Å². The fraction of sp³-hybridized carbons (Fsp3) is 0.0833. The Bertz CT molecular complexity index is 1240. The smallest absolute Gasteiger partial charge is 0.341 e. The van der Waals surface area contributed by atoms with E-state index >= 15 is 0 Å². The van der Waals surface area contributed by atoms with Gasteiger partial charge in [0, 0.05) is 18.1 Å². The molecule has 0 aliphatic rings. The Balaban J connectivity index is 1.69. The number of aromatic carboxylic acids is 1. The van der Waals surface area contributed by atoms with Gasteiger partial charge >= 0.3 is 5.97 Å². The number of carboxylic acids is 1. The molecule has 4 rings (SSSR count). The monoisotopic (exact) mass is 385 g/mol. The fourth-order valence-corrected chi connectivity index (χ4v) is 3.41. The minimum Gasteiger partial charge on any atom is -0.497 e. The molecule has 1 aromatic heterocycles. The molecule has 0 fully saturated rings. The van der Waals surface area contributed by atoms with E-state index in [2.05, 4.69) is 0 Å². The molecule has 29 heavy (non-hydrogen) atoms. The summed E-state index contributed by atoms with van der Waals surface area (Å²) in [7, 11) is 1.64. The van der Waals surface area contributed by atoms with Crippen LogP contribution in [0, 0.1) is 0 Å². The number of fused-ring (bicyclic) bond motifs is 1. The van der Waals surface area contributed by atoms with Crippen molar-refractivity contribution in [3.8, 4) is 16.9 Å². The number of aromatic nitrogens is 1. The van der Waals surface area contributed by atoms with Crippen LogP contribution >= 0.6 is 0 Å². The summed E-state index contributed by atoms with van der Waals surface area (Å²) in [4.78, 5) is 23.9. The van der Waals surface area contributed by atoms with Gasteiger partial charge in [0.15, 0.2) is 0 Å². The second-order valence-electron chi connectivity index (χ2n) is 6.75. The number of pyridine rings is 1. The van der Waals surface area contributed by atoms with Crippen LogP contribution < -0.4 is 10.2 Å². The summed E-state index contributed by atoms with van der Waals surface area (Å²) in [5.41, 5.74) is 3.19. The topological polar surface area (TPSA) is 68.5 Å². The first-order valence-electron chi connectivity index (χ1n) is 9.15. The molecular formula is C24H19NO4. The number of hydrogen-bond acceptors (Lipinski definition) is 3. The lowest BCUT2D eigenvalue weighted by Crippen LogP contribution is -2.19. The van der Waals surface area contributed by atoms with Crippen molar-refractivity contribution in [1.82, 2.24) is 4.57 Å². The highest BCUT2D eigenvalue weighted by Gasteiger charge is 2.14. The van der Waals surface area contributed by atoms with Gasteiger partial charge in [0.05, 0.1) is 12.6 Å². The first-order chi connectivity index (χ1) is 14.1. The van der Waals surface area contributed by atoms with E-state index in [4.69, 9.17) is 4.74 Å². The summed E-state index contributed by atoms with van der Waals surface area (Å²) in [5, 5.41) is 9.80. The zero-order chi connectivity index (χ0) is 20.4. The van der Waals surface area contributed by atoms with Gasteiger partial charge in [0.2, 0.25) is 5.43 Å². The maximum absolute atomic E-state index is 12.4. The Hall–Kier alpha value is -3.86. The number of carboxylic acid groups (broad SMARTS) is 1. The van der Waals surface area contributed by atoms with Crippen LogP contribution in [0.15, 0.2) is 83.8 Å².